The molecule has 8 heteroatoms. The van der Waals surface area contributed by atoms with Crippen LogP contribution in [0.1, 0.15) is 25.8 Å². The molecule has 0 N–H and O–H groups in total. The first-order chi connectivity index (χ1) is 14.4. The Kier molecular flexibility index (Phi) is 7.02. The number of nitro groups is 1. The Hall–Kier alpha value is -2.97. The molecule has 0 aromatic heterocycles. The lowest BCUT2D eigenvalue weighted by molar-refractivity contribution is -0.384. The molecule has 7 nitrogen and oxygen atoms in total. The number of amides is 2. The Balaban J connectivity index is 1.90. The maximum absolute atomic E-state index is 13.1. The SMILES string of the molecule is CC(C)OCCCN1C(=O)C(Sc2ccccc2)=C(c2ccc([N+](=O)[O-])cc2)C1=O. The molecule has 156 valence electrons. The Morgan fingerprint density at radius 3 is 2.30 bits per heavy atom. The average Bonchev–Trinajstić information content (AvgIpc) is 2.95. The summed E-state index contributed by atoms with van der Waals surface area (Å²) in [5, 5.41) is 11.0. The summed E-state index contributed by atoms with van der Waals surface area (Å²) < 4.78 is 5.51. The smallest absolute Gasteiger partial charge is 0.269 e. The van der Waals surface area contributed by atoms with Crippen molar-refractivity contribution in [1.82, 2.24) is 4.90 Å². The molecule has 1 aliphatic rings. The fourth-order valence-corrected chi connectivity index (χ4v) is 4.04. The molecule has 3 rings (SSSR count). The Morgan fingerprint density at radius 2 is 1.70 bits per heavy atom. The van der Waals surface area contributed by atoms with Gasteiger partial charge in [-0.2, -0.15) is 0 Å². The van der Waals surface area contributed by atoms with Gasteiger partial charge in [-0.15, -0.1) is 0 Å². The number of benzene rings is 2. The highest BCUT2D eigenvalue weighted by Gasteiger charge is 2.39. The minimum Gasteiger partial charge on any atom is -0.379 e. The summed E-state index contributed by atoms with van der Waals surface area (Å²) in [5.41, 5.74) is 0.683. The van der Waals surface area contributed by atoms with Crippen molar-refractivity contribution in [3.8, 4) is 0 Å². The van der Waals surface area contributed by atoms with E-state index < -0.39 is 10.8 Å². The Labute approximate surface area is 178 Å². The second-order valence-electron chi connectivity index (χ2n) is 6.96. The van der Waals surface area contributed by atoms with Crippen molar-refractivity contribution in [1.29, 1.82) is 0 Å². The number of carbonyl (C=O) groups excluding carboxylic acids is 2. The van der Waals surface area contributed by atoms with Gasteiger partial charge in [0.05, 0.1) is 21.5 Å². The van der Waals surface area contributed by atoms with Gasteiger partial charge in [-0.1, -0.05) is 30.0 Å². The summed E-state index contributed by atoms with van der Waals surface area (Å²) in [6.45, 7) is 4.55. The molecule has 1 heterocycles. The number of hydrogen-bond acceptors (Lipinski definition) is 6. The normalized spacial score (nSPS) is 14.2. The standard InChI is InChI=1S/C22H22N2O5S/c1-15(2)29-14-6-13-23-21(25)19(16-9-11-17(12-10-16)24(27)28)20(22(23)26)30-18-7-4-3-5-8-18/h3-5,7-12,15H,6,13-14H2,1-2H3. The number of ether oxygens (including phenoxy) is 1. The first-order valence-corrected chi connectivity index (χ1v) is 10.4. The van der Waals surface area contributed by atoms with Gasteiger partial charge in [-0.05, 0) is 50.1 Å². The Bertz CT molecular complexity index is 971. The lowest BCUT2D eigenvalue weighted by Gasteiger charge is -2.15. The van der Waals surface area contributed by atoms with Crippen molar-refractivity contribution in [3.63, 3.8) is 0 Å². The van der Waals surface area contributed by atoms with Crippen LogP contribution in [0.25, 0.3) is 5.57 Å². The summed E-state index contributed by atoms with van der Waals surface area (Å²) in [4.78, 5) is 39.0. The van der Waals surface area contributed by atoms with E-state index in [1.54, 1.807) is 0 Å². The van der Waals surface area contributed by atoms with Gasteiger partial charge in [0.2, 0.25) is 0 Å². The van der Waals surface area contributed by atoms with Crippen molar-refractivity contribution in [2.45, 2.75) is 31.3 Å². The molecule has 0 saturated heterocycles. The molecule has 2 aromatic rings. The van der Waals surface area contributed by atoms with Crippen molar-refractivity contribution >= 4 is 34.8 Å². The second-order valence-corrected chi connectivity index (χ2v) is 8.04. The Morgan fingerprint density at radius 1 is 1.03 bits per heavy atom. The van der Waals surface area contributed by atoms with E-state index in [-0.39, 0.29) is 29.8 Å². The number of carbonyl (C=O) groups is 2. The molecule has 0 fully saturated rings. The fourth-order valence-electron chi connectivity index (χ4n) is 3.00. The summed E-state index contributed by atoms with van der Waals surface area (Å²) in [7, 11) is 0. The lowest BCUT2D eigenvalue weighted by Crippen LogP contribution is -2.33. The number of rotatable bonds is 9. The summed E-state index contributed by atoms with van der Waals surface area (Å²) in [6.07, 6.45) is 0.611. The van der Waals surface area contributed by atoms with Crippen LogP contribution in [0, 0.1) is 10.1 Å². The minimum absolute atomic E-state index is 0.0731. The first kappa shape index (κ1) is 21.7. The topological polar surface area (TPSA) is 89.8 Å². The zero-order valence-corrected chi connectivity index (χ0v) is 17.6. The molecule has 0 atom stereocenters. The predicted octanol–water partition coefficient (Wildman–Crippen LogP) is 4.28. The zero-order chi connectivity index (χ0) is 21.7. The van der Waals surface area contributed by atoms with Gasteiger partial charge in [-0.25, -0.2) is 0 Å². The lowest BCUT2D eigenvalue weighted by atomic mass is 10.1. The van der Waals surface area contributed by atoms with Gasteiger partial charge < -0.3 is 4.74 Å². The van der Waals surface area contributed by atoms with Gasteiger partial charge >= 0.3 is 0 Å². The van der Waals surface area contributed by atoms with E-state index in [4.69, 9.17) is 4.74 Å². The molecular formula is C22H22N2O5S. The van der Waals surface area contributed by atoms with E-state index in [9.17, 15) is 19.7 Å². The van der Waals surface area contributed by atoms with Crippen molar-refractivity contribution in [3.05, 3.63) is 75.2 Å². The number of nitrogens with zero attached hydrogens (tertiary/aromatic N) is 2. The van der Waals surface area contributed by atoms with Gasteiger partial charge in [0, 0.05) is 30.2 Å². The quantitative estimate of drug-likeness (QED) is 0.257. The number of hydrogen-bond donors (Lipinski definition) is 0. The molecule has 1 aliphatic heterocycles. The summed E-state index contributed by atoms with van der Waals surface area (Å²) in [5.74, 6) is -0.747. The molecule has 0 saturated carbocycles. The maximum atomic E-state index is 13.1. The van der Waals surface area contributed by atoms with Gasteiger partial charge in [0.1, 0.15) is 0 Å². The van der Waals surface area contributed by atoms with E-state index in [1.165, 1.54) is 40.9 Å². The fraction of sp³-hybridized carbons (Fsp3) is 0.273. The molecule has 2 amide bonds. The van der Waals surface area contributed by atoms with Crippen molar-refractivity contribution in [2.24, 2.45) is 0 Å². The van der Waals surface area contributed by atoms with Crippen LogP contribution in [-0.2, 0) is 14.3 Å². The van der Waals surface area contributed by atoms with Crippen molar-refractivity contribution in [2.75, 3.05) is 13.2 Å². The second kappa shape index (κ2) is 9.69. The van der Waals surface area contributed by atoms with Crippen molar-refractivity contribution < 1.29 is 19.2 Å². The summed E-state index contributed by atoms with van der Waals surface area (Å²) >= 11 is 1.23. The third kappa shape index (κ3) is 4.95. The highest BCUT2D eigenvalue weighted by atomic mass is 32.2. The summed E-state index contributed by atoms with van der Waals surface area (Å²) in [6, 6.07) is 15.0. The molecule has 0 bridgehead atoms. The van der Waals surface area contributed by atoms with Gasteiger partial charge in [-0.3, -0.25) is 24.6 Å². The van der Waals surface area contributed by atoms with Gasteiger partial charge in [0.25, 0.3) is 17.5 Å². The molecule has 2 aromatic carbocycles. The third-order valence-corrected chi connectivity index (χ3v) is 5.52. The van der Waals surface area contributed by atoms with Crippen LogP contribution in [0.15, 0.2) is 64.4 Å². The largest absolute Gasteiger partial charge is 0.379 e. The number of imide groups is 1. The molecule has 0 aliphatic carbocycles. The number of thioether (sulfide) groups is 1. The molecule has 0 unspecified atom stereocenters. The molecule has 0 spiro atoms. The van der Waals surface area contributed by atoms with Crippen LogP contribution in [0.5, 0.6) is 0 Å². The zero-order valence-electron chi connectivity index (χ0n) is 16.7. The minimum atomic E-state index is -0.500. The van der Waals surface area contributed by atoms with E-state index >= 15 is 0 Å². The van der Waals surface area contributed by atoms with Crippen LogP contribution in [0.3, 0.4) is 0 Å². The van der Waals surface area contributed by atoms with Crippen LogP contribution in [0.4, 0.5) is 5.69 Å². The van der Waals surface area contributed by atoms with Crippen LogP contribution >= 0.6 is 11.8 Å². The van der Waals surface area contributed by atoms with Gasteiger partial charge in [0.15, 0.2) is 0 Å². The molecular weight excluding hydrogens is 404 g/mol. The van der Waals surface area contributed by atoms with E-state index in [0.29, 0.717) is 23.5 Å². The van der Waals surface area contributed by atoms with Crippen LogP contribution in [0.2, 0.25) is 0 Å². The number of non-ortho nitro benzene ring substituents is 1. The predicted molar refractivity (Wildman–Crippen MR) is 115 cm³/mol. The van der Waals surface area contributed by atoms with E-state index in [2.05, 4.69) is 0 Å². The molecule has 30 heavy (non-hydrogen) atoms. The average molecular weight is 426 g/mol. The van der Waals surface area contributed by atoms with Crippen LogP contribution < -0.4 is 0 Å². The van der Waals surface area contributed by atoms with E-state index in [1.807, 2.05) is 44.2 Å². The first-order valence-electron chi connectivity index (χ1n) is 9.58. The third-order valence-electron chi connectivity index (χ3n) is 4.43. The highest BCUT2D eigenvalue weighted by molar-refractivity contribution is 8.04. The van der Waals surface area contributed by atoms with Crippen LogP contribution in [-0.4, -0.2) is 40.9 Å². The highest BCUT2D eigenvalue weighted by Crippen LogP contribution is 2.39. The molecule has 0 radical (unpaired) electrons. The number of nitro benzene ring substituents is 1. The monoisotopic (exact) mass is 426 g/mol. The van der Waals surface area contributed by atoms with E-state index in [0.717, 1.165) is 4.90 Å². The maximum Gasteiger partial charge on any atom is 0.269 e.